The molecule has 1 aliphatic rings. The first-order valence-corrected chi connectivity index (χ1v) is 6.34. The van der Waals surface area contributed by atoms with Crippen molar-refractivity contribution in [2.24, 2.45) is 0 Å². The summed E-state index contributed by atoms with van der Waals surface area (Å²) in [6.07, 6.45) is 0.797. The molecule has 0 heterocycles. The Morgan fingerprint density at radius 2 is 1.69 bits per heavy atom. The van der Waals surface area contributed by atoms with Gasteiger partial charge in [0.05, 0.1) is 26.9 Å². The molecular formula is C11H12Br2O3. The Labute approximate surface area is 111 Å². The standard InChI is InChI=1S/C11H12Br2O3/c1-14-7-4-6-5-11(12,13)8(9(6)15-2)10(7)16-3/h4H,5H2,1-3H3. The number of fused-ring (bicyclic) bond motifs is 2. The smallest absolute Gasteiger partial charge is 0.169 e. The molecule has 0 atom stereocenters. The van der Waals surface area contributed by atoms with E-state index in [0.29, 0.717) is 5.75 Å². The van der Waals surface area contributed by atoms with Crippen molar-refractivity contribution in [1.29, 1.82) is 0 Å². The van der Waals surface area contributed by atoms with Crippen molar-refractivity contribution in [3.05, 3.63) is 17.2 Å². The van der Waals surface area contributed by atoms with Gasteiger partial charge < -0.3 is 14.2 Å². The summed E-state index contributed by atoms with van der Waals surface area (Å²) in [5.74, 6) is 2.29. The fourth-order valence-electron chi connectivity index (χ4n) is 2.05. The Kier molecular flexibility index (Phi) is 3.09. The average Bonchev–Trinajstić information content (AvgIpc) is 2.43. The van der Waals surface area contributed by atoms with Crippen LogP contribution >= 0.6 is 31.9 Å². The maximum atomic E-state index is 5.42. The average molecular weight is 352 g/mol. The fraction of sp³-hybridized carbons (Fsp3) is 0.455. The number of ether oxygens (including phenoxy) is 3. The van der Waals surface area contributed by atoms with E-state index in [-0.39, 0.29) is 3.23 Å². The second-order valence-corrected chi connectivity index (χ2v) is 7.33. The molecule has 0 N–H and O–H groups in total. The van der Waals surface area contributed by atoms with Gasteiger partial charge in [-0.3, -0.25) is 0 Å². The van der Waals surface area contributed by atoms with Gasteiger partial charge in [0.2, 0.25) is 0 Å². The number of methoxy groups -OCH3 is 3. The van der Waals surface area contributed by atoms with E-state index in [1.807, 2.05) is 6.07 Å². The zero-order valence-electron chi connectivity index (χ0n) is 9.27. The summed E-state index contributed by atoms with van der Waals surface area (Å²) in [4.78, 5) is 0. The van der Waals surface area contributed by atoms with Crippen molar-refractivity contribution >= 4 is 31.9 Å². The summed E-state index contributed by atoms with van der Waals surface area (Å²) in [5.41, 5.74) is 2.05. The summed E-state index contributed by atoms with van der Waals surface area (Å²) in [6, 6.07) is 1.95. The van der Waals surface area contributed by atoms with Gasteiger partial charge in [0.15, 0.2) is 11.5 Å². The Morgan fingerprint density at radius 1 is 1.06 bits per heavy atom. The summed E-state index contributed by atoms with van der Waals surface area (Å²) in [5, 5.41) is 0. The summed E-state index contributed by atoms with van der Waals surface area (Å²) in [6.45, 7) is 0. The third-order valence-electron chi connectivity index (χ3n) is 2.68. The van der Waals surface area contributed by atoms with E-state index in [0.717, 1.165) is 29.0 Å². The highest BCUT2D eigenvalue weighted by molar-refractivity contribution is 9.24. The van der Waals surface area contributed by atoms with Gasteiger partial charge in [-0.1, -0.05) is 31.9 Å². The van der Waals surface area contributed by atoms with Gasteiger partial charge in [0, 0.05) is 12.0 Å². The maximum absolute atomic E-state index is 5.42. The van der Waals surface area contributed by atoms with E-state index < -0.39 is 0 Å². The molecule has 0 radical (unpaired) electrons. The number of benzene rings is 1. The molecule has 1 aromatic carbocycles. The molecule has 1 aromatic rings. The number of halogens is 2. The highest BCUT2D eigenvalue weighted by Gasteiger charge is 2.42. The number of rotatable bonds is 3. The minimum Gasteiger partial charge on any atom is -0.496 e. The van der Waals surface area contributed by atoms with Gasteiger partial charge in [0.25, 0.3) is 0 Å². The summed E-state index contributed by atoms with van der Waals surface area (Å²) < 4.78 is 15.8. The predicted molar refractivity (Wildman–Crippen MR) is 69.3 cm³/mol. The first kappa shape index (κ1) is 12.0. The second-order valence-electron chi connectivity index (χ2n) is 3.56. The minimum atomic E-state index is -0.331. The molecule has 5 heteroatoms. The van der Waals surface area contributed by atoms with Gasteiger partial charge in [-0.25, -0.2) is 0 Å². The van der Waals surface area contributed by atoms with Crippen LogP contribution in [0.25, 0.3) is 0 Å². The third kappa shape index (κ3) is 1.61. The first-order valence-electron chi connectivity index (χ1n) is 4.75. The highest BCUT2D eigenvalue weighted by atomic mass is 79.9. The molecule has 0 fully saturated rings. The lowest BCUT2D eigenvalue weighted by atomic mass is 10.2. The quantitative estimate of drug-likeness (QED) is 0.782. The van der Waals surface area contributed by atoms with Crippen molar-refractivity contribution in [3.63, 3.8) is 0 Å². The van der Waals surface area contributed by atoms with Gasteiger partial charge in [-0.2, -0.15) is 0 Å². The lowest BCUT2D eigenvalue weighted by molar-refractivity contribution is 0.346. The molecule has 2 rings (SSSR count). The molecule has 88 valence electrons. The van der Waals surface area contributed by atoms with E-state index >= 15 is 0 Å². The zero-order chi connectivity index (χ0) is 11.9. The van der Waals surface area contributed by atoms with Crippen LogP contribution in [-0.4, -0.2) is 21.3 Å². The topological polar surface area (TPSA) is 27.7 Å². The number of hydrogen-bond donors (Lipinski definition) is 0. The number of alkyl halides is 2. The van der Waals surface area contributed by atoms with Gasteiger partial charge in [0.1, 0.15) is 8.98 Å². The molecule has 0 amide bonds. The second kappa shape index (κ2) is 4.11. The van der Waals surface area contributed by atoms with Crippen LogP contribution in [0, 0.1) is 0 Å². The monoisotopic (exact) mass is 350 g/mol. The van der Waals surface area contributed by atoms with E-state index in [1.54, 1.807) is 21.3 Å². The van der Waals surface area contributed by atoms with Crippen LogP contribution in [0.3, 0.4) is 0 Å². The Hall–Kier alpha value is -0.420. The van der Waals surface area contributed by atoms with Gasteiger partial charge in [-0.05, 0) is 6.07 Å². The molecule has 0 saturated carbocycles. The van der Waals surface area contributed by atoms with Crippen LogP contribution in [0.15, 0.2) is 6.07 Å². The van der Waals surface area contributed by atoms with Crippen molar-refractivity contribution in [1.82, 2.24) is 0 Å². The SMILES string of the molecule is COc1cc2c(OC)c(c1OC)C(Br)(Br)C2. The predicted octanol–water partition coefficient (Wildman–Crippen LogP) is 3.21. The fourth-order valence-corrected chi connectivity index (χ4v) is 3.38. The third-order valence-corrected chi connectivity index (χ3v) is 4.04. The van der Waals surface area contributed by atoms with Crippen LogP contribution in [0.5, 0.6) is 17.2 Å². The van der Waals surface area contributed by atoms with E-state index in [4.69, 9.17) is 14.2 Å². The van der Waals surface area contributed by atoms with Crippen molar-refractivity contribution in [2.75, 3.05) is 21.3 Å². The summed E-state index contributed by atoms with van der Waals surface area (Å²) >= 11 is 7.27. The lowest BCUT2D eigenvalue weighted by Gasteiger charge is -2.18. The van der Waals surface area contributed by atoms with Crippen LogP contribution in [0.1, 0.15) is 11.1 Å². The van der Waals surface area contributed by atoms with Crippen LogP contribution in [-0.2, 0) is 9.65 Å². The Morgan fingerprint density at radius 3 is 2.19 bits per heavy atom. The molecule has 1 aliphatic carbocycles. The zero-order valence-corrected chi connectivity index (χ0v) is 12.4. The lowest BCUT2D eigenvalue weighted by Crippen LogP contribution is -2.07. The van der Waals surface area contributed by atoms with Crippen molar-refractivity contribution in [2.45, 2.75) is 9.65 Å². The molecule has 2 bridgehead atoms. The molecule has 0 saturated heterocycles. The molecule has 16 heavy (non-hydrogen) atoms. The largest absolute Gasteiger partial charge is 0.496 e. The van der Waals surface area contributed by atoms with Crippen LogP contribution in [0.4, 0.5) is 0 Å². The first-order chi connectivity index (χ1) is 7.55. The molecule has 3 nitrogen and oxygen atoms in total. The Bertz CT molecular complexity index is 430. The summed E-state index contributed by atoms with van der Waals surface area (Å²) in [7, 11) is 4.92. The van der Waals surface area contributed by atoms with Crippen LogP contribution in [0.2, 0.25) is 0 Å². The van der Waals surface area contributed by atoms with E-state index in [9.17, 15) is 0 Å². The van der Waals surface area contributed by atoms with E-state index in [1.165, 1.54) is 0 Å². The minimum absolute atomic E-state index is 0.331. The van der Waals surface area contributed by atoms with Gasteiger partial charge in [-0.15, -0.1) is 0 Å². The number of hydrogen-bond acceptors (Lipinski definition) is 3. The van der Waals surface area contributed by atoms with Gasteiger partial charge >= 0.3 is 0 Å². The van der Waals surface area contributed by atoms with Crippen molar-refractivity contribution in [3.8, 4) is 17.2 Å². The molecule has 0 aromatic heterocycles. The maximum Gasteiger partial charge on any atom is 0.169 e. The molecule has 0 unspecified atom stereocenters. The Balaban J connectivity index is 2.72. The normalized spacial score (nSPS) is 16.1. The molecule has 0 aliphatic heterocycles. The van der Waals surface area contributed by atoms with Crippen molar-refractivity contribution < 1.29 is 14.2 Å². The van der Waals surface area contributed by atoms with E-state index in [2.05, 4.69) is 31.9 Å². The van der Waals surface area contributed by atoms with Crippen LogP contribution < -0.4 is 14.2 Å². The highest BCUT2D eigenvalue weighted by Crippen LogP contribution is 2.59. The molecule has 0 spiro atoms. The molecular weight excluding hydrogens is 340 g/mol.